The van der Waals surface area contributed by atoms with Crippen LogP contribution in [0.4, 0.5) is 0 Å². The molecule has 0 spiro atoms. The van der Waals surface area contributed by atoms with Gasteiger partial charge in [0.1, 0.15) is 5.15 Å². The Morgan fingerprint density at radius 1 is 1.26 bits per heavy atom. The highest BCUT2D eigenvalue weighted by Crippen LogP contribution is 2.25. The molecule has 0 aliphatic rings. The van der Waals surface area contributed by atoms with Crippen LogP contribution in [-0.4, -0.2) is 36.2 Å². The Balaban J connectivity index is 2.06. The van der Waals surface area contributed by atoms with E-state index in [1.807, 2.05) is 25.1 Å². The molecule has 0 aliphatic carbocycles. The summed E-state index contributed by atoms with van der Waals surface area (Å²) >= 11 is 7.59. The lowest BCUT2D eigenvalue weighted by Crippen LogP contribution is -2.01. The first-order valence-corrected chi connectivity index (χ1v) is 7.20. The molecule has 6 heteroatoms. The van der Waals surface area contributed by atoms with Gasteiger partial charge in [-0.3, -0.25) is 0 Å². The standard InChI is InChI=1S/C13H15ClN2O2S/c1-9-3-4-11-10(7-9)12(14)16-13(15-11)19-8-18-6-5-17-2/h3-4,7H,5-6,8H2,1-2H3. The average Bonchev–Trinajstić information content (AvgIpc) is 2.39. The molecule has 0 saturated heterocycles. The zero-order valence-corrected chi connectivity index (χ0v) is 12.4. The van der Waals surface area contributed by atoms with Gasteiger partial charge in [0.2, 0.25) is 0 Å². The van der Waals surface area contributed by atoms with Crippen molar-refractivity contribution in [3.8, 4) is 0 Å². The number of benzene rings is 1. The first-order chi connectivity index (χ1) is 9.20. The minimum absolute atomic E-state index is 0.480. The monoisotopic (exact) mass is 298 g/mol. The molecular weight excluding hydrogens is 284 g/mol. The van der Waals surface area contributed by atoms with E-state index in [2.05, 4.69) is 9.97 Å². The zero-order valence-electron chi connectivity index (χ0n) is 10.9. The molecule has 2 rings (SSSR count). The predicted octanol–water partition coefficient (Wildman–Crippen LogP) is 3.30. The van der Waals surface area contributed by atoms with E-state index in [-0.39, 0.29) is 0 Å². The van der Waals surface area contributed by atoms with Gasteiger partial charge < -0.3 is 9.47 Å². The van der Waals surface area contributed by atoms with Crippen molar-refractivity contribution >= 4 is 34.3 Å². The van der Waals surface area contributed by atoms with E-state index >= 15 is 0 Å². The van der Waals surface area contributed by atoms with Crippen molar-refractivity contribution in [2.24, 2.45) is 0 Å². The summed E-state index contributed by atoms with van der Waals surface area (Å²) in [6, 6.07) is 5.95. The molecule has 2 aromatic rings. The van der Waals surface area contributed by atoms with Crippen LogP contribution in [0.15, 0.2) is 23.4 Å². The normalized spacial score (nSPS) is 11.1. The Labute approximate surface area is 121 Å². The Bertz CT molecular complexity index is 566. The maximum atomic E-state index is 6.17. The smallest absolute Gasteiger partial charge is 0.191 e. The van der Waals surface area contributed by atoms with Crippen molar-refractivity contribution in [2.45, 2.75) is 12.1 Å². The fourth-order valence-electron chi connectivity index (χ4n) is 1.54. The fourth-order valence-corrected chi connectivity index (χ4v) is 2.45. The molecule has 1 aromatic heterocycles. The van der Waals surface area contributed by atoms with Crippen molar-refractivity contribution in [3.05, 3.63) is 28.9 Å². The number of fused-ring (bicyclic) bond motifs is 1. The summed E-state index contributed by atoms with van der Waals surface area (Å²) < 4.78 is 10.3. The van der Waals surface area contributed by atoms with E-state index in [0.29, 0.717) is 29.5 Å². The number of aryl methyl sites for hydroxylation is 1. The second kappa shape index (κ2) is 7.05. The lowest BCUT2D eigenvalue weighted by molar-refractivity contribution is 0.0953. The van der Waals surface area contributed by atoms with Crippen LogP contribution in [0.25, 0.3) is 10.9 Å². The highest BCUT2D eigenvalue weighted by Gasteiger charge is 2.06. The number of methoxy groups -OCH3 is 1. The SMILES string of the molecule is COCCOCSc1nc(Cl)c2cc(C)ccc2n1. The maximum Gasteiger partial charge on any atom is 0.191 e. The van der Waals surface area contributed by atoms with Crippen LogP contribution >= 0.6 is 23.4 Å². The molecular formula is C13H15ClN2O2S. The van der Waals surface area contributed by atoms with Gasteiger partial charge in [-0.2, -0.15) is 0 Å². The Hall–Kier alpha value is -0.880. The summed E-state index contributed by atoms with van der Waals surface area (Å²) in [5, 5.41) is 1.98. The molecule has 0 aliphatic heterocycles. The number of thioether (sulfide) groups is 1. The Morgan fingerprint density at radius 3 is 2.89 bits per heavy atom. The quantitative estimate of drug-likeness (QED) is 0.269. The molecule has 0 atom stereocenters. The van der Waals surface area contributed by atoms with Gasteiger partial charge in [-0.15, -0.1) is 0 Å². The van der Waals surface area contributed by atoms with E-state index in [1.54, 1.807) is 7.11 Å². The summed E-state index contributed by atoms with van der Waals surface area (Å²) in [6.07, 6.45) is 0. The van der Waals surface area contributed by atoms with Gasteiger partial charge in [0.25, 0.3) is 0 Å². The van der Waals surface area contributed by atoms with Crippen LogP contribution in [-0.2, 0) is 9.47 Å². The third-order valence-corrected chi connectivity index (χ3v) is 3.50. The lowest BCUT2D eigenvalue weighted by atomic mass is 10.2. The predicted molar refractivity (Wildman–Crippen MR) is 77.8 cm³/mol. The molecule has 0 N–H and O–H groups in total. The summed E-state index contributed by atoms with van der Waals surface area (Å²) in [6.45, 7) is 3.16. The molecule has 4 nitrogen and oxygen atoms in total. The number of hydrogen-bond acceptors (Lipinski definition) is 5. The largest absolute Gasteiger partial charge is 0.382 e. The van der Waals surface area contributed by atoms with Gasteiger partial charge in [0, 0.05) is 12.5 Å². The van der Waals surface area contributed by atoms with Gasteiger partial charge in [0.15, 0.2) is 5.16 Å². The van der Waals surface area contributed by atoms with Gasteiger partial charge in [0.05, 0.1) is 24.7 Å². The topological polar surface area (TPSA) is 44.2 Å². The minimum atomic E-state index is 0.480. The summed E-state index contributed by atoms with van der Waals surface area (Å²) in [5.74, 6) is 0.483. The first-order valence-electron chi connectivity index (χ1n) is 5.84. The number of halogens is 1. The van der Waals surface area contributed by atoms with E-state index < -0.39 is 0 Å². The third-order valence-electron chi connectivity index (χ3n) is 2.49. The number of rotatable bonds is 6. The molecule has 0 fully saturated rings. The van der Waals surface area contributed by atoms with E-state index in [0.717, 1.165) is 16.5 Å². The fraction of sp³-hybridized carbons (Fsp3) is 0.385. The van der Waals surface area contributed by atoms with Crippen molar-refractivity contribution < 1.29 is 9.47 Å². The van der Waals surface area contributed by atoms with E-state index in [4.69, 9.17) is 21.1 Å². The molecule has 19 heavy (non-hydrogen) atoms. The van der Waals surface area contributed by atoms with E-state index in [9.17, 15) is 0 Å². The second-order valence-electron chi connectivity index (χ2n) is 3.98. The Kier molecular flexibility index (Phi) is 5.39. The van der Waals surface area contributed by atoms with Crippen molar-refractivity contribution in [2.75, 3.05) is 26.3 Å². The molecule has 0 unspecified atom stereocenters. The molecule has 1 heterocycles. The molecule has 0 amide bonds. The highest BCUT2D eigenvalue weighted by molar-refractivity contribution is 7.99. The van der Waals surface area contributed by atoms with Gasteiger partial charge in [-0.05, 0) is 19.1 Å². The van der Waals surface area contributed by atoms with Crippen LogP contribution in [0.5, 0.6) is 0 Å². The lowest BCUT2D eigenvalue weighted by Gasteiger charge is -2.05. The van der Waals surface area contributed by atoms with Gasteiger partial charge >= 0.3 is 0 Å². The van der Waals surface area contributed by atoms with Crippen LogP contribution in [0.2, 0.25) is 5.15 Å². The number of aromatic nitrogens is 2. The molecule has 1 aromatic carbocycles. The van der Waals surface area contributed by atoms with Crippen LogP contribution in [0, 0.1) is 6.92 Å². The van der Waals surface area contributed by atoms with Crippen LogP contribution in [0.1, 0.15) is 5.56 Å². The number of ether oxygens (including phenoxy) is 2. The zero-order chi connectivity index (χ0) is 13.7. The highest BCUT2D eigenvalue weighted by atomic mass is 35.5. The Morgan fingerprint density at radius 2 is 2.11 bits per heavy atom. The molecule has 0 radical (unpaired) electrons. The molecule has 0 bridgehead atoms. The maximum absolute atomic E-state index is 6.17. The van der Waals surface area contributed by atoms with Crippen LogP contribution in [0.3, 0.4) is 0 Å². The molecule has 0 saturated carbocycles. The van der Waals surface area contributed by atoms with Crippen molar-refractivity contribution in [3.63, 3.8) is 0 Å². The van der Waals surface area contributed by atoms with E-state index in [1.165, 1.54) is 11.8 Å². The van der Waals surface area contributed by atoms with Crippen molar-refractivity contribution in [1.82, 2.24) is 9.97 Å². The minimum Gasteiger partial charge on any atom is -0.382 e. The summed E-state index contributed by atoms with van der Waals surface area (Å²) in [7, 11) is 1.64. The van der Waals surface area contributed by atoms with Crippen molar-refractivity contribution in [1.29, 1.82) is 0 Å². The molecule has 102 valence electrons. The first kappa shape index (κ1) is 14.5. The second-order valence-corrected chi connectivity index (χ2v) is 5.23. The third kappa shape index (κ3) is 4.04. The summed E-state index contributed by atoms with van der Waals surface area (Å²) in [4.78, 5) is 8.72. The van der Waals surface area contributed by atoms with Gasteiger partial charge in [-0.25, -0.2) is 9.97 Å². The summed E-state index contributed by atoms with van der Waals surface area (Å²) in [5.41, 5.74) is 1.99. The average molecular weight is 299 g/mol. The van der Waals surface area contributed by atoms with Gasteiger partial charge in [-0.1, -0.05) is 35.0 Å². The number of hydrogen-bond donors (Lipinski definition) is 0. The number of nitrogens with zero attached hydrogens (tertiary/aromatic N) is 2. The van der Waals surface area contributed by atoms with Crippen LogP contribution < -0.4 is 0 Å².